The highest BCUT2D eigenvalue weighted by atomic mass is 19.1. The van der Waals surface area contributed by atoms with Crippen LogP contribution in [0.2, 0.25) is 0 Å². The predicted octanol–water partition coefficient (Wildman–Crippen LogP) is 7.66. The first kappa shape index (κ1) is 22.0. The number of aryl methyl sites for hydroxylation is 3. The van der Waals surface area contributed by atoms with Crippen LogP contribution in [0.25, 0.3) is 22.3 Å². The Morgan fingerprint density at radius 3 is 1.78 bits per heavy atom. The third-order valence-electron chi connectivity index (χ3n) is 6.17. The molecular weight excluding hydrogens is 393 g/mol. The lowest BCUT2D eigenvalue weighted by Gasteiger charge is -2.11. The summed E-state index contributed by atoms with van der Waals surface area (Å²) in [4.78, 5) is 0. The van der Waals surface area contributed by atoms with Gasteiger partial charge in [-0.15, -0.1) is 0 Å². The number of halogens is 1. The van der Waals surface area contributed by atoms with E-state index < -0.39 is 0 Å². The van der Waals surface area contributed by atoms with Crippen LogP contribution in [0.1, 0.15) is 41.6 Å². The van der Waals surface area contributed by atoms with Crippen molar-refractivity contribution in [2.45, 2.75) is 39.2 Å². The van der Waals surface area contributed by atoms with Crippen molar-refractivity contribution in [2.75, 3.05) is 0 Å². The summed E-state index contributed by atoms with van der Waals surface area (Å²) < 4.78 is 15.0. The van der Waals surface area contributed by atoms with Crippen LogP contribution in [0.15, 0.2) is 91.0 Å². The Morgan fingerprint density at radius 1 is 0.688 bits per heavy atom. The Kier molecular flexibility index (Phi) is 6.82. The van der Waals surface area contributed by atoms with E-state index in [-0.39, 0.29) is 11.9 Å². The topological polar surface area (TPSA) is 26.0 Å². The van der Waals surface area contributed by atoms with Crippen LogP contribution in [0.5, 0.6) is 0 Å². The van der Waals surface area contributed by atoms with Gasteiger partial charge in [0.1, 0.15) is 5.82 Å². The van der Waals surface area contributed by atoms with Crippen LogP contribution in [0.4, 0.5) is 4.39 Å². The molecule has 0 fully saturated rings. The molecule has 1 nitrogen and oxygen atoms in total. The summed E-state index contributed by atoms with van der Waals surface area (Å²) in [5.41, 5.74) is 14.5. The Balaban J connectivity index is 1.46. The van der Waals surface area contributed by atoms with E-state index >= 15 is 0 Å². The van der Waals surface area contributed by atoms with Crippen molar-refractivity contribution >= 4 is 0 Å². The van der Waals surface area contributed by atoms with E-state index in [4.69, 9.17) is 5.73 Å². The summed E-state index contributed by atoms with van der Waals surface area (Å²) in [5, 5.41) is 0. The molecule has 0 spiro atoms. The Bertz CT molecular complexity index is 1160. The Morgan fingerprint density at radius 2 is 1.22 bits per heavy atom. The lowest BCUT2D eigenvalue weighted by molar-refractivity contribution is 0.632. The fourth-order valence-electron chi connectivity index (χ4n) is 3.98. The highest BCUT2D eigenvalue weighted by Crippen LogP contribution is 2.29. The van der Waals surface area contributed by atoms with Crippen LogP contribution in [0, 0.1) is 12.7 Å². The van der Waals surface area contributed by atoms with E-state index in [9.17, 15) is 4.39 Å². The first-order valence-corrected chi connectivity index (χ1v) is 11.3. The number of hydrogen-bond donors (Lipinski definition) is 1. The smallest absolute Gasteiger partial charge is 0.131 e. The maximum Gasteiger partial charge on any atom is 0.131 e. The molecule has 0 radical (unpaired) electrons. The van der Waals surface area contributed by atoms with Crippen LogP contribution < -0.4 is 5.73 Å². The van der Waals surface area contributed by atoms with Crippen LogP contribution in [0.3, 0.4) is 0 Å². The van der Waals surface area contributed by atoms with Gasteiger partial charge >= 0.3 is 0 Å². The second-order valence-electron chi connectivity index (χ2n) is 8.51. The Labute approximate surface area is 190 Å². The van der Waals surface area contributed by atoms with Crippen molar-refractivity contribution in [1.29, 1.82) is 0 Å². The molecular formula is C30H30FN. The minimum absolute atomic E-state index is 0.0445. The first-order chi connectivity index (χ1) is 15.5. The fourth-order valence-corrected chi connectivity index (χ4v) is 3.98. The van der Waals surface area contributed by atoms with E-state index in [0.717, 1.165) is 41.5 Å². The summed E-state index contributed by atoms with van der Waals surface area (Å²) in [6.07, 6.45) is 2.88. The zero-order valence-electron chi connectivity index (χ0n) is 18.8. The third kappa shape index (κ3) is 5.15. The Hall–Kier alpha value is -3.23. The van der Waals surface area contributed by atoms with E-state index in [1.165, 1.54) is 16.7 Å². The molecule has 0 amide bonds. The average molecular weight is 424 g/mol. The molecule has 1 unspecified atom stereocenters. The van der Waals surface area contributed by atoms with E-state index in [2.05, 4.69) is 50.2 Å². The SMILES string of the molecule is CCC(N)c1ccc(-c2ccc(-c3ccc(CCc4ccc(C)cc4)cc3)c(F)c2)cc1. The molecule has 4 aromatic rings. The predicted molar refractivity (Wildman–Crippen MR) is 133 cm³/mol. The maximum absolute atomic E-state index is 15.0. The molecule has 0 heterocycles. The summed E-state index contributed by atoms with van der Waals surface area (Å²) in [7, 11) is 0. The second-order valence-corrected chi connectivity index (χ2v) is 8.51. The highest BCUT2D eigenvalue weighted by molar-refractivity contribution is 5.71. The molecule has 0 aliphatic heterocycles. The van der Waals surface area contributed by atoms with Crippen molar-refractivity contribution in [2.24, 2.45) is 5.73 Å². The molecule has 1 atom stereocenters. The molecule has 162 valence electrons. The molecule has 2 heteroatoms. The summed E-state index contributed by atoms with van der Waals surface area (Å²) in [5.74, 6) is -0.204. The van der Waals surface area contributed by atoms with Crippen molar-refractivity contribution in [3.05, 3.63) is 119 Å². The zero-order chi connectivity index (χ0) is 22.5. The maximum atomic E-state index is 15.0. The van der Waals surface area contributed by atoms with Gasteiger partial charge in [0.15, 0.2) is 0 Å². The van der Waals surface area contributed by atoms with Crippen LogP contribution >= 0.6 is 0 Å². The molecule has 0 saturated heterocycles. The standard InChI is InChI=1S/C30H30FN/c1-3-30(32)26-16-14-24(15-17-26)27-18-19-28(29(31)20-27)25-12-10-23(11-13-25)9-8-22-6-4-21(2)5-7-22/h4-7,10-20,30H,3,8-9,32H2,1-2H3. The molecule has 0 aliphatic carbocycles. The number of nitrogens with two attached hydrogens (primary N) is 1. The van der Waals surface area contributed by atoms with Gasteiger partial charge in [0.25, 0.3) is 0 Å². The van der Waals surface area contributed by atoms with Gasteiger partial charge in [-0.1, -0.05) is 97.4 Å². The second kappa shape index (κ2) is 9.93. The summed E-state index contributed by atoms with van der Waals surface area (Å²) in [6, 6.07) is 30.5. The minimum Gasteiger partial charge on any atom is -0.324 e. The van der Waals surface area contributed by atoms with E-state index in [1.54, 1.807) is 6.07 Å². The van der Waals surface area contributed by atoms with E-state index in [1.807, 2.05) is 48.5 Å². The minimum atomic E-state index is -0.204. The van der Waals surface area contributed by atoms with Gasteiger partial charge < -0.3 is 5.73 Å². The molecule has 2 N–H and O–H groups in total. The van der Waals surface area contributed by atoms with Gasteiger partial charge in [-0.2, -0.15) is 0 Å². The third-order valence-corrected chi connectivity index (χ3v) is 6.17. The van der Waals surface area contributed by atoms with Gasteiger partial charge in [-0.25, -0.2) is 4.39 Å². The largest absolute Gasteiger partial charge is 0.324 e. The summed E-state index contributed by atoms with van der Waals surface area (Å²) in [6.45, 7) is 4.18. The van der Waals surface area contributed by atoms with Crippen LogP contribution in [-0.2, 0) is 12.8 Å². The molecule has 0 aliphatic rings. The highest BCUT2D eigenvalue weighted by Gasteiger charge is 2.09. The first-order valence-electron chi connectivity index (χ1n) is 11.3. The van der Waals surface area contributed by atoms with Crippen molar-refractivity contribution in [1.82, 2.24) is 0 Å². The molecule has 32 heavy (non-hydrogen) atoms. The molecule has 0 bridgehead atoms. The van der Waals surface area contributed by atoms with Crippen molar-refractivity contribution in [3.8, 4) is 22.3 Å². The summed E-state index contributed by atoms with van der Waals surface area (Å²) >= 11 is 0. The van der Waals surface area contributed by atoms with Gasteiger partial charge in [-0.3, -0.25) is 0 Å². The molecule has 4 rings (SSSR count). The molecule has 0 aromatic heterocycles. The average Bonchev–Trinajstić information content (AvgIpc) is 2.83. The molecule has 4 aromatic carbocycles. The number of rotatable bonds is 7. The van der Waals surface area contributed by atoms with Gasteiger partial charge in [-0.05, 0) is 65.6 Å². The van der Waals surface area contributed by atoms with Crippen LogP contribution in [-0.4, -0.2) is 0 Å². The lowest BCUT2D eigenvalue weighted by atomic mass is 9.96. The normalized spacial score (nSPS) is 12.0. The van der Waals surface area contributed by atoms with Crippen molar-refractivity contribution < 1.29 is 4.39 Å². The number of hydrogen-bond acceptors (Lipinski definition) is 1. The van der Waals surface area contributed by atoms with E-state index in [0.29, 0.717) is 5.56 Å². The van der Waals surface area contributed by atoms with Gasteiger partial charge in [0.2, 0.25) is 0 Å². The monoisotopic (exact) mass is 423 g/mol. The quantitative estimate of drug-likeness (QED) is 0.324. The van der Waals surface area contributed by atoms with Gasteiger partial charge in [0.05, 0.1) is 0 Å². The zero-order valence-corrected chi connectivity index (χ0v) is 18.8. The van der Waals surface area contributed by atoms with Crippen molar-refractivity contribution in [3.63, 3.8) is 0 Å². The lowest BCUT2D eigenvalue weighted by Crippen LogP contribution is -2.08. The molecule has 0 saturated carbocycles. The van der Waals surface area contributed by atoms with Gasteiger partial charge in [0, 0.05) is 11.6 Å². The number of benzene rings is 4. The fraction of sp³-hybridized carbons (Fsp3) is 0.200.